The maximum atomic E-state index is 13.9. The van der Waals surface area contributed by atoms with E-state index >= 15 is 0 Å². The second-order valence-electron chi connectivity index (χ2n) is 5.06. The van der Waals surface area contributed by atoms with E-state index in [0.29, 0.717) is 0 Å². The quantitative estimate of drug-likeness (QED) is 0.691. The van der Waals surface area contributed by atoms with Gasteiger partial charge in [-0.15, -0.1) is 0 Å². The summed E-state index contributed by atoms with van der Waals surface area (Å²) in [4.78, 5) is 14.6. The van der Waals surface area contributed by atoms with Crippen molar-refractivity contribution in [2.45, 2.75) is 25.3 Å². The standard InChI is InChI=1S/C15H14FN3O2/c16-12-7-6-11(19(20)21)9-14(12)18-13-5-1-3-10-4-2-8-17-15(10)13/h2,4,6-9,13,18H,1,3,5H2. The van der Waals surface area contributed by atoms with Gasteiger partial charge in [-0.25, -0.2) is 4.39 Å². The third-order valence-electron chi connectivity index (χ3n) is 3.69. The number of nitro benzene ring substituents is 1. The van der Waals surface area contributed by atoms with E-state index in [0.717, 1.165) is 42.7 Å². The van der Waals surface area contributed by atoms with Crippen LogP contribution < -0.4 is 5.32 Å². The summed E-state index contributed by atoms with van der Waals surface area (Å²) >= 11 is 0. The number of pyridine rings is 1. The van der Waals surface area contributed by atoms with Crippen molar-refractivity contribution in [3.05, 3.63) is 63.7 Å². The molecule has 0 bridgehead atoms. The van der Waals surface area contributed by atoms with Crippen LogP contribution in [0.25, 0.3) is 0 Å². The molecule has 2 aromatic rings. The van der Waals surface area contributed by atoms with Crippen LogP contribution in [0.15, 0.2) is 36.5 Å². The third kappa shape index (κ3) is 2.69. The molecule has 1 aromatic heterocycles. The first-order chi connectivity index (χ1) is 10.1. The van der Waals surface area contributed by atoms with Gasteiger partial charge in [0.15, 0.2) is 0 Å². The SMILES string of the molecule is O=[N+]([O-])c1ccc(F)c(NC2CCCc3cccnc32)c1. The van der Waals surface area contributed by atoms with E-state index in [2.05, 4.69) is 10.3 Å². The number of nitro groups is 1. The second kappa shape index (κ2) is 5.47. The van der Waals surface area contributed by atoms with E-state index in [1.165, 1.54) is 6.07 Å². The van der Waals surface area contributed by atoms with Gasteiger partial charge in [0.05, 0.1) is 22.3 Å². The largest absolute Gasteiger partial charge is 0.374 e. The van der Waals surface area contributed by atoms with Crippen molar-refractivity contribution in [1.29, 1.82) is 0 Å². The Bertz CT molecular complexity index is 690. The molecule has 1 aliphatic rings. The number of hydrogen-bond donors (Lipinski definition) is 1. The summed E-state index contributed by atoms with van der Waals surface area (Å²) in [5.41, 5.74) is 2.06. The lowest BCUT2D eigenvalue weighted by molar-refractivity contribution is -0.384. The van der Waals surface area contributed by atoms with Crippen LogP contribution >= 0.6 is 0 Å². The van der Waals surface area contributed by atoms with Gasteiger partial charge in [0.2, 0.25) is 0 Å². The lowest BCUT2D eigenvalue weighted by Crippen LogP contribution is -2.19. The van der Waals surface area contributed by atoms with Gasteiger partial charge in [0, 0.05) is 18.3 Å². The average molecular weight is 287 g/mol. The number of fused-ring (bicyclic) bond motifs is 1. The van der Waals surface area contributed by atoms with Crippen molar-refractivity contribution < 1.29 is 9.31 Å². The van der Waals surface area contributed by atoms with Crippen molar-refractivity contribution in [3.8, 4) is 0 Å². The van der Waals surface area contributed by atoms with Crippen molar-refractivity contribution >= 4 is 11.4 Å². The number of rotatable bonds is 3. The van der Waals surface area contributed by atoms with Crippen molar-refractivity contribution in [2.24, 2.45) is 0 Å². The molecule has 1 N–H and O–H groups in total. The maximum Gasteiger partial charge on any atom is 0.271 e. The predicted molar refractivity (Wildman–Crippen MR) is 76.6 cm³/mol. The van der Waals surface area contributed by atoms with Gasteiger partial charge < -0.3 is 5.32 Å². The predicted octanol–water partition coefficient (Wildman–Crippen LogP) is 3.62. The minimum Gasteiger partial charge on any atom is -0.374 e. The Morgan fingerprint density at radius 2 is 2.24 bits per heavy atom. The normalized spacial score (nSPS) is 17.1. The van der Waals surface area contributed by atoms with Gasteiger partial charge in [-0.1, -0.05) is 6.07 Å². The Morgan fingerprint density at radius 3 is 3.05 bits per heavy atom. The van der Waals surface area contributed by atoms with Crippen molar-refractivity contribution in [2.75, 3.05) is 5.32 Å². The number of aryl methyl sites for hydroxylation is 1. The average Bonchev–Trinajstić information content (AvgIpc) is 2.49. The zero-order valence-corrected chi connectivity index (χ0v) is 11.3. The lowest BCUT2D eigenvalue weighted by Gasteiger charge is -2.26. The van der Waals surface area contributed by atoms with Gasteiger partial charge in [-0.2, -0.15) is 0 Å². The molecule has 1 heterocycles. The van der Waals surface area contributed by atoms with E-state index in [9.17, 15) is 14.5 Å². The second-order valence-corrected chi connectivity index (χ2v) is 5.06. The molecule has 5 nitrogen and oxygen atoms in total. The molecular weight excluding hydrogens is 273 g/mol. The minimum absolute atomic E-state index is 0.119. The number of aromatic nitrogens is 1. The highest BCUT2D eigenvalue weighted by molar-refractivity contribution is 5.53. The van der Waals surface area contributed by atoms with E-state index in [-0.39, 0.29) is 17.4 Å². The summed E-state index contributed by atoms with van der Waals surface area (Å²) < 4.78 is 13.9. The van der Waals surface area contributed by atoms with Crippen LogP contribution in [0, 0.1) is 15.9 Å². The molecule has 0 spiro atoms. The summed E-state index contributed by atoms with van der Waals surface area (Å²) in [6.07, 6.45) is 4.47. The molecule has 1 aromatic carbocycles. The lowest BCUT2D eigenvalue weighted by atomic mass is 9.92. The molecule has 0 saturated heterocycles. The molecule has 6 heteroatoms. The third-order valence-corrected chi connectivity index (χ3v) is 3.69. The molecule has 0 fully saturated rings. The van der Waals surface area contributed by atoms with Gasteiger partial charge >= 0.3 is 0 Å². The topological polar surface area (TPSA) is 68.1 Å². The first kappa shape index (κ1) is 13.5. The Labute approximate surface area is 121 Å². The Hall–Kier alpha value is -2.50. The number of halogens is 1. The van der Waals surface area contributed by atoms with Crippen LogP contribution in [-0.2, 0) is 6.42 Å². The van der Waals surface area contributed by atoms with Gasteiger partial charge in [0.25, 0.3) is 5.69 Å². The monoisotopic (exact) mass is 287 g/mol. The maximum absolute atomic E-state index is 13.9. The van der Waals surface area contributed by atoms with E-state index in [1.807, 2.05) is 12.1 Å². The first-order valence-electron chi connectivity index (χ1n) is 6.79. The van der Waals surface area contributed by atoms with Gasteiger partial charge in [-0.05, 0) is 37.0 Å². The molecule has 1 aliphatic carbocycles. The first-order valence-corrected chi connectivity index (χ1v) is 6.79. The number of non-ortho nitro benzene ring substituents is 1. The summed E-state index contributed by atoms with van der Waals surface area (Å²) in [7, 11) is 0. The molecule has 0 radical (unpaired) electrons. The Morgan fingerprint density at radius 1 is 1.38 bits per heavy atom. The molecule has 1 unspecified atom stereocenters. The van der Waals surface area contributed by atoms with Crippen LogP contribution in [0.3, 0.4) is 0 Å². The molecule has 0 saturated carbocycles. The number of nitrogens with one attached hydrogen (secondary N) is 1. The van der Waals surface area contributed by atoms with Crippen LogP contribution in [0.4, 0.5) is 15.8 Å². The molecule has 108 valence electrons. The van der Waals surface area contributed by atoms with Crippen LogP contribution in [0.1, 0.15) is 30.1 Å². The number of anilines is 1. The molecule has 21 heavy (non-hydrogen) atoms. The summed E-state index contributed by atoms with van der Waals surface area (Å²) in [5, 5.41) is 13.9. The zero-order valence-electron chi connectivity index (χ0n) is 11.3. The Kier molecular flexibility index (Phi) is 3.51. The minimum atomic E-state index is -0.530. The highest BCUT2D eigenvalue weighted by Gasteiger charge is 2.22. The van der Waals surface area contributed by atoms with Crippen LogP contribution in [0.5, 0.6) is 0 Å². The molecule has 0 aliphatic heterocycles. The van der Waals surface area contributed by atoms with Gasteiger partial charge in [0.1, 0.15) is 5.82 Å². The fraction of sp³-hybridized carbons (Fsp3) is 0.267. The molecule has 1 atom stereocenters. The summed E-state index contributed by atoms with van der Waals surface area (Å²) in [6.45, 7) is 0. The van der Waals surface area contributed by atoms with Gasteiger partial charge in [-0.3, -0.25) is 15.1 Å². The molecule has 3 rings (SSSR count). The van der Waals surface area contributed by atoms with E-state index in [4.69, 9.17) is 0 Å². The summed E-state index contributed by atoms with van der Waals surface area (Å²) in [5.74, 6) is -0.497. The molecular formula is C15H14FN3O2. The fourth-order valence-corrected chi connectivity index (χ4v) is 2.68. The highest BCUT2D eigenvalue weighted by atomic mass is 19.1. The summed E-state index contributed by atoms with van der Waals surface area (Å²) in [6, 6.07) is 7.28. The number of hydrogen-bond acceptors (Lipinski definition) is 4. The van der Waals surface area contributed by atoms with Crippen LogP contribution in [-0.4, -0.2) is 9.91 Å². The smallest absolute Gasteiger partial charge is 0.271 e. The Balaban J connectivity index is 1.91. The number of benzene rings is 1. The fourth-order valence-electron chi connectivity index (χ4n) is 2.68. The van der Waals surface area contributed by atoms with Crippen molar-refractivity contribution in [1.82, 2.24) is 4.98 Å². The van der Waals surface area contributed by atoms with E-state index < -0.39 is 10.7 Å². The number of nitrogens with zero attached hydrogens (tertiary/aromatic N) is 2. The zero-order chi connectivity index (χ0) is 14.8. The van der Waals surface area contributed by atoms with Crippen LogP contribution in [0.2, 0.25) is 0 Å². The van der Waals surface area contributed by atoms with E-state index in [1.54, 1.807) is 6.20 Å². The van der Waals surface area contributed by atoms with Crippen molar-refractivity contribution in [3.63, 3.8) is 0 Å². The molecule has 0 amide bonds. The highest BCUT2D eigenvalue weighted by Crippen LogP contribution is 2.32.